The average Bonchev–Trinajstić information content (AvgIpc) is 2.67. The van der Waals surface area contributed by atoms with Crippen LogP contribution in [-0.2, 0) is 4.79 Å². The minimum Gasteiger partial charge on any atom is -0.358 e. The number of pyridine rings is 1. The third-order valence-electron chi connectivity index (χ3n) is 5.35. The van der Waals surface area contributed by atoms with Gasteiger partial charge in [0.1, 0.15) is 5.82 Å². The standard InChI is InChI=1S/C22H17FN2O/c23-14-8-6-13(7-9-14)20-21-15-3-2-12-24-16(15)10-11-18(21)25-17-4-1-5-19(26)22(17)20/h2-3,6-12,20,25H,1,4-5H2. The second kappa shape index (κ2) is 5.77. The molecule has 1 atom stereocenters. The molecular formula is C22H17FN2O. The van der Waals surface area contributed by atoms with Crippen molar-refractivity contribution < 1.29 is 9.18 Å². The lowest BCUT2D eigenvalue weighted by atomic mass is 9.74. The zero-order valence-corrected chi connectivity index (χ0v) is 14.1. The van der Waals surface area contributed by atoms with Gasteiger partial charge in [0.25, 0.3) is 0 Å². The van der Waals surface area contributed by atoms with E-state index in [4.69, 9.17) is 0 Å². The van der Waals surface area contributed by atoms with Gasteiger partial charge in [-0.3, -0.25) is 9.78 Å². The molecule has 0 radical (unpaired) electrons. The van der Waals surface area contributed by atoms with E-state index in [1.807, 2.05) is 24.3 Å². The van der Waals surface area contributed by atoms with Crippen molar-refractivity contribution in [3.05, 3.63) is 82.9 Å². The molecule has 0 saturated heterocycles. The summed E-state index contributed by atoms with van der Waals surface area (Å²) in [5.41, 5.74) is 5.73. The number of nitrogens with one attached hydrogen (secondary N) is 1. The highest BCUT2D eigenvalue weighted by Crippen LogP contribution is 2.47. The van der Waals surface area contributed by atoms with E-state index in [2.05, 4.69) is 10.3 Å². The van der Waals surface area contributed by atoms with Crippen molar-refractivity contribution in [3.63, 3.8) is 0 Å². The molecule has 0 saturated carbocycles. The third-order valence-corrected chi connectivity index (χ3v) is 5.35. The van der Waals surface area contributed by atoms with Crippen LogP contribution >= 0.6 is 0 Å². The number of halogens is 1. The Kier molecular flexibility index (Phi) is 3.38. The Morgan fingerprint density at radius 1 is 1.04 bits per heavy atom. The van der Waals surface area contributed by atoms with E-state index in [1.54, 1.807) is 18.3 Å². The molecule has 0 spiro atoms. The Bertz CT molecular complexity index is 1070. The van der Waals surface area contributed by atoms with Gasteiger partial charge in [0.05, 0.1) is 5.52 Å². The van der Waals surface area contributed by atoms with Gasteiger partial charge in [0.15, 0.2) is 5.78 Å². The lowest BCUT2D eigenvalue weighted by molar-refractivity contribution is -0.116. The molecule has 1 unspecified atom stereocenters. The van der Waals surface area contributed by atoms with Crippen LogP contribution in [0, 0.1) is 5.82 Å². The Hall–Kier alpha value is -3.01. The van der Waals surface area contributed by atoms with Gasteiger partial charge in [0, 0.05) is 40.9 Å². The van der Waals surface area contributed by atoms with Crippen LogP contribution in [0.5, 0.6) is 0 Å². The van der Waals surface area contributed by atoms with Crippen molar-refractivity contribution in [1.82, 2.24) is 4.98 Å². The van der Waals surface area contributed by atoms with E-state index in [-0.39, 0.29) is 17.5 Å². The lowest BCUT2D eigenvalue weighted by Gasteiger charge is -2.34. The fourth-order valence-corrected chi connectivity index (χ4v) is 4.22. The summed E-state index contributed by atoms with van der Waals surface area (Å²) in [5, 5.41) is 4.51. The van der Waals surface area contributed by atoms with Crippen molar-refractivity contribution in [2.24, 2.45) is 0 Å². The van der Waals surface area contributed by atoms with Gasteiger partial charge in [-0.1, -0.05) is 18.2 Å². The summed E-state index contributed by atoms with van der Waals surface area (Å²) in [4.78, 5) is 17.3. The highest BCUT2D eigenvalue weighted by atomic mass is 19.1. The number of Topliss-reactive ketones (excluding diaryl/α,β-unsaturated/α-hetero) is 1. The molecule has 3 nitrogen and oxygen atoms in total. The summed E-state index contributed by atoms with van der Waals surface area (Å²) >= 11 is 0. The molecule has 4 heteroatoms. The maximum Gasteiger partial charge on any atom is 0.161 e. The molecule has 26 heavy (non-hydrogen) atoms. The zero-order valence-electron chi connectivity index (χ0n) is 14.1. The van der Waals surface area contributed by atoms with E-state index in [0.29, 0.717) is 6.42 Å². The largest absolute Gasteiger partial charge is 0.358 e. The zero-order chi connectivity index (χ0) is 17.7. The number of allylic oxidation sites excluding steroid dienone is 2. The molecule has 0 amide bonds. The number of hydrogen-bond acceptors (Lipinski definition) is 3. The summed E-state index contributed by atoms with van der Waals surface area (Å²) < 4.78 is 13.5. The van der Waals surface area contributed by atoms with E-state index in [1.165, 1.54) is 12.1 Å². The van der Waals surface area contributed by atoms with Crippen LogP contribution in [0.2, 0.25) is 0 Å². The molecular weight excluding hydrogens is 327 g/mol. The topological polar surface area (TPSA) is 42.0 Å². The first kappa shape index (κ1) is 15.3. The van der Waals surface area contributed by atoms with Crippen LogP contribution in [0.25, 0.3) is 10.9 Å². The number of aromatic nitrogens is 1. The summed E-state index contributed by atoms with van der Waals surface area (Å²) in [5.74, 6) is -0.283. The number of benzene rings is 2. The van der Waals surface area contributed by atoms with E-state index >= 15 is 0 Å². The number of rotatable bonds is 1. The number of hydrogen-bond donors (Lipinski definition) is 1. The third kappa shape index (κ3) is 2.25. The molecule has 3 aromatic rings. The van der Waals surface area contributed by atoms with E-state index in [0.717, 1.165) is 51.8 Å². The second-order valence-corrected chi connectivity index (χ2v) is 6.88. The summed E-state index contributed by atoms with van der Waals surface area (Å²) in [6, 6.07) is 14.5. The summed E-state index contributed by atoms with van der Waals surface area (Å²) in [7, 11) is 0. The molecule has 0 bridgehead atoms. The number of ketones is 1. The number of carbonyl (C=O) groups excluding carboxylic acids is 1. The first-order valence-electron chi connectivity index (χ1n) is 8.89. The quantitative estimate of drug-likeness (QED) is 0.680. The Labute approximate surface area is 150 Å². The predicted molar refractivity (Wildman–Crippen MR) is 99.5 cm³/mol. The molecule has 1 aromatic heterocycles. The number of anilines is 1. The first-order valence-corrected chi connectivity index (χ1v) is 8.89. The SMILES string of the molecule is O=C1CCCC2=C1C(c1ccc(F)cc1)c1c(ccc3ncccc13)N2. The van der Waals surface area contributed by atoms with Crippen LogP contribution in [0.3, 0.4) is 0 Å². The predicted octanol–water partition coefficient (Wildman–Crippen LogP) is 4.94. The number of nitrogens with zero attached hydrogens (tertiary/aromatic N) is 1. The van der Waals surface area contributed by atoms with Gasteiger partial charge >= 0.3 is 0 Å². The number of carbonyl (C=O) groups is 1. The molecule has 2 heterocycles. The molecule has 2 aliphatic rings. The average molecular weight is 344 g/mol. The summed E-state index contributed by atoms with van der Waals surface area (Å²) in [6.45, 7) is 0. The molecule has 1 aliphatic carbocycles. The van der Waals surface area contributed by atoms with Gasteiger partial charge in [0.2, 0.25) is 0 Å². The molecule has 1 aliphatic heterocycles. The molecule has 1 N–H and O–H groups in total. The van der Waals surface area contributed by atoms with Gasteiger partial charge in [-0.2, -0.15) is 0 Å². The Morgan fingerprint density at radius 2 is 1.88 bits per heavy atom. The van der Waals surface area contributed by atoms with Crippen LogP contribution in [0.1, 0.15) is 36.3 Å². The monoisotopic (exact) mass is 344 g/mol. The van der Waals surface area contributed by atoms with Crippen molar-refractivity contribution in [2.45, 2.75) is 25.2 Å². The highest BCUT2D eigenvalue weighted by Gasteiger charge is 2.36. The fourth-order valence-electron chi connectivity index (χ4n) is 4.22. The summed E-state index contributed by atoms with van der Waals surface area (Å²) in [6.07, 6.45) is 4.07. The Morgan fingerprint density at radius 3 is 2.73 bits per heavy atom. The minimum atomic E-state index is -0.272. The Balaban J connectivity index is 1.83. The van der Waals surface area contributed by atoms with Gasteiger partial charge in [-0.15, -0.1) is 0 Å². The van der Waals surface area contributed by atoms with Crippen LogP contribution in [-0.4, -0.2) is 10.8 Å². The van der Waals surface area contributed by atoms with Crippen LogP contribution in [0.4, 0.5) is 10.1 Å². The van der Waals surface area contributed by atoms with Crippen LogP contribution < -0.4 is 5.32 Å². The van der Waals surface area contributed by atoms with Gasteiger partial charge in [-0.25, -0.2) is 4.39 Å². The van der Waals surface area contributed by atoms with Gasteiger partial charge < -0.3 is 5.32 Å². The van der Waals surface area contributed by atoms with Gasteiger partial charge in [-0.05, 0) is 54.3 Å². The lowest BCUT2D eigenvalue weighted by Crippen LogP contribution is -2.27. The number of fused-ring (bicyclic) bond motifs is 3. The molecule has 2 aromatic carbocycles. The smallest absolute Gasteiger partial charge is 0.161 e. The van der Waals surface area contributed by atoms with Crippen molar-refractivity contribution in [1.29, 1.82) is 0 Å². The normalized spacial score (nSPS) is 19.1. The highest BCUT2D eigenvalue weighted by molar-refractivity contribution is 6.03. The van der Waals surface area contributed by atoms with Crippen molar-refractivity contribution in [3.8, 4) is 0 Å². The van der Waals surface area contributed by atoms with Crippen molar-refractivity contribution in [2.75, 3.05) is 5.32 Å². The van der Waals surface area contributed by atoms with Crippen LogP contribution in [0.15, 0.2) is 66.0 Å². The maximum atomic E-state index is 13.5. The minimum absolute atomic E-state index is 0.180. The van der Waals surface area contributed by atoms with E-state index in [9.17, 15) is 9.18 Å². The fraction of sp³-hybridized carbons (Fsp3) is 0.182. The molecule has 128 valence electrons. The van der Waals surface area contributed by atoms with E-state index < -0.39 is 0 Å². The molecule has 5 rings (SSSR count). The van der Waals surface area contributed by atoms with Crippen molar-refractivity contribution >= 4 is 22.4 Å². The second-order valence-electron chi connectivity index (χ2n) is 6.88. The maximum absolute atomic E-state index is 13.5. The first-order chi connectivity index (χ1) is 12.7. The molecule has 0 fully saturated rings.